The Labute approximate surface area is 119 Å². The first kappa shape index (κ1) is 13.1. The lowest BCUT2D eigenvalue weighted by molar-refractivity contribution is 0.729. The van der Waals surface area contributed by atoms with E-state index in [0.29, 0.717) is 0 Å². The van der Waals surface area contributed by atoms with E-state index in [-0.39, 0.29) is 6.04 Å². The van der Waals surface area contributed by atoms with E-state index in [2.05, 4.69) is 22.0 Å². The summed E-state index contributed by atoms with van der Waals surface area (Å²) in [7, 11) is 0. The van der Waals surface area contributed by atoms with Gasteiger partial charge in [0.1, 0.15) is 0 Å². The van der Waals surface area contributed by atoms with E-state index in [9.17, 15) is 0 Å². The standard InChI is InChI=1S/C13H13BrClNS/c1-8-3-2-4-10(13(8)15)11(16)7-9-5-6-12(14)17-9/h2-6,11H,7,16H2,1H3. The second-order valence-corrected chi connectivity index (χ2v) is 6.92. The topological polar surface area (TPSA) is 26.0 Å². The van der Waals surface area contributed by atoms with Crippen LogP contribution in [0.2, 0.25) is 5.02 Å². The summed E-state index contributed by atoms with van der Waals surface area (Å²) < 4.78 is 1.13. The summed E-state index contributed by atoms with van der Waals surface area (Å²) in [6.07, 6.45) is 0.819. The summed E-state index contributed by atoms with van der Waals surface area (Å²) >= 11 is 11.4. The maximum atomic E-state index is 6.27. The Morgan fingerprint density at radius 1 is 1.35 bits per heavy atom. The molecule has 1 aromatic carbocycles. The van der Waals surface area contributed by atoms with Gasteiger partial charge in [0, 0.05) is 22.4 Å². The second-order valence-electron chi connectivity index (χ2n) is 3.99. The lowest BCUT2D eigenvalue weighted by Crippen LogP contribution is -2.13. The molecule has 0 saturated heterocycles. The van der Waals surface area contributed by atoms with Crippen molar-refractivity contribution in [3.8, 4) is 0 Å². The Kier molecular flexibility index (Phi) is 4.26. The maximum Gasteiger partial charge on any atom is 0.0701 e. The van der Waals surface area contributed by atoms with Crippen LogP contribution in [0.1, 0.15) is 22.0 Å². The fourth-order valence-corrected chi connectivity index (χ4v) is 3.55. The average Bonchev–Trinajstić information content (AvgIpc) is 2.68. The van der Waals surface area contributed by atoms with Crippen LogP contribution in [-0.4, -0.2) is 0 Å². The largest absolute Gasteiger partial charge is 0.324 e. The minimum absolute atomic E-state index is 0.0482. The van der Waals surface area contributed by atoms with Crippen molar-refractivity contribution in [2.24, 2.45) is 5.73 Å². The number of halogens is 2. The van der Waals surface area contributed by atoms with Crippen LogP contribution in [0.15, 0.2) is 34.1 Å². The minimum Gasteiger partial charge on any atom is -0.324 e. The van der Waals surface area contributed by atoms with Crippen molar-refractivity contribution in [3.05, 3.63) is 55.1 Å². The molecule has 0 saturated carbocycles. The summed E-state index contributed by atoms with van der Waals surface area (Å²) in [4.78, 5) is 1.27. The van der Waals surface area contributed by atoms with Crippen LogP contribution >= 0.6 is 38.9 Å². The van der Waals surface area contributed by atoms with Gasteiger partial charge in [0.25, 0.3) is 0 Å². The zero-order chi connectivity index (χ0) is 12.4. The van der Waals surface area contributed by atoms with Crippen LogP contribution in [0.4, 0.5) is 0 Å². The van der Waals surface area contributed by atoms with Crippen molar-refractivity contribution in [2.45, 2.75) is 19.4 Å². The molecular formula is C13H13BrClNS. The van der Waals surface area contributed by atoms with E-state index in [1.807, 2.05) is 31.2 Å². The van der Waals surface area contributed by atoms with Crippen molar-refractivity contribution < 1.29 is 0 Å². The SMILES string of the molecule is Cc1cccc(C(N)Cc2ccc(Br)s2)c1Cl. The smallest absolute Gasteiger partial charge is 0.0701 e. The third-order valence-electron chi connectivity index (χ3n) is 2.67. The molecule has 2 aromatic rings. The monoisotopic (exact) mass is 329 g/mol. The van der Waals surface area contributed by atoms with Gasteiger partial charge in [-0.25, -0.2) is 0 Å². The number of hydrogen-bond donors (Lipinski definition) is 1. The van der Waals surface area contributed by atoms with Crippen molar-refractivity contribution in [1.82, 2.24) is 0 Å². The first-order chi connectivity index (χ1) is 8.08. The number of rotatable bonds is 3. The summed E-state index contributed by atoms with van der Waals surface area (Å²) in [5, 5.41) is 0.788. The number of aryl methyl sites for hydroxylation is 1. The van der Waals surface area contributed by atoms with Gasteiger partial charge in [0.15, 0.2) is 0 Å². The molecule has 1 atom stereocenters. The summed E-state index contributed by atoms with van der Waals surface area (Å²) in [6.45, 7) is 2.00. The molecule has 0 fully saturated rings. The Morgan fingerprint density at radius 3 is 2.76 bits per heavy atom. The number of nitrogens with two attached hydrogens (primary N) is 1. The molecule has 1 aromatic heterocycles. The summed E-state index contributed by atoms with van der Waals surface area (Å²) in [6, 6.07) is 10.1. The molecule has 17 heavy (non-hydrogen) atoms. The summed E-state index contributed by atoms with van der Waals surface area (Å²) in [5.41, 5.74) is 8.31. The highest BCUT2D eigenvalue weighted by Crippen LogP contribution is 2.30. The van der Waals surface area contributed by atoms with Crippen LogP contribution in [-0.2, 0) is 6.42 Å². The number of benzene rings is 1. The molecule has 0 aliphatic carbocycles. The Hall–Kier alpha value is -0.350. The van der Waals surface area contributed by atoms with Crippen LogP contribution in [0.25, 0.3) is 0 Å². The predicted octanol–water partition coefficient (Wildman–Crippen LogP) is 4.71. The minimum atomic E-state index is -0.0482. The van der Waals surface area contributed by atoms with Gasteiger partial charge in [-0.15, -0.1) is 11.3 Å². The van der Waals surface area contributed by atoms with E-state index in [1.54, 1.807) is 11.3 Å². The molecule has 2 N–H and O–H groups in total. The Morgan fingerprint density at radius 2 is 2.12 bits per heavy atom. The number of thiophene rings is 1. The maximum absolute atomic E-state index is 6.27. The lowest BCUT2D eigenvalue weighted by Gasteiger charge is -2.14. The molecule has 0 amide bonds. The quantitative estimate of drug-likeness (QED) is 0.866. The van der Waals surface area contributed by atoms with Crippen LogP contribution < -0.4 is 5.73 Å². The fourth-order valence-electron chi connectivity index (χ4n) is 1.74. The molecule has 0 radical (unpaired) electrons. The van der Waals surface area contributed by atoms with Gasteiger partial charge in [0.05, 0.1) is 3.79 Å². The van der Waals surface area contributed by atoms with Crippen LogP contribution in [0.5, 0.6) is 0 Å². The van der Waals surface area contributed by atoms with Gasteiger partial charge in [-0.1, -0.05) is 29.8 Å². The van der Waals surface area contributed by atoms with Crippen molar-refractivity contribution >= 4 is 38.9 Å². The van der Waals surface area contributed by atoms with Crippen molar-refractivity contribution in [3.63, 3.8) is 0 Å². The molecule has 0 spiro atoms. The highest BCUT2D eigenvalue weighted by atomic mass is 79.9. The molecule has 0 bridgehead atoms. The van der Waals surface area contributed by atoms with Gasteiger partial charge in [-0.2, -0.15) is 0 Å². The van der Waals surface area contributed by atoms with E-state index in [0.717, 1.165) is 26.4 Å². The zero-order valence-corrected chi connectivity index (χ0v) is 12.6. The lowest BCUT2D eigenvalue weighted by atomic mass is 10.0. The number of hydrogen-bond acceptors (Lipinski definition) is 2. The molecular weight excluding hydrogens is 318 g/mol. The molecule has 0 aliphatic heterocycles. The van der Waals surface area contributed by atoms with Gasteiger partial charge >= 0.3 is 0 Å². The van der Waals surface area contributed by atoms with Gasteiger partial charge in [-0.05, 0) is 46.1 Å². The van der Waals surface area contributed by atoms with Crippen LogP contribution in [0, 0.1) is 6.92 Å². The van der Waals surface area contributed by atoms with Crippen LogP contribution in [0.3, 0.4) is 0 Å². The molecule has 1 unspecified atom stereocenters. The van der Waals surface area contributed by atoms with Gasteiger partial charge in [-0.3, -0.25) is 0 Å². The Balaban J connectivity index is 2.20. The highest BCUT2D eigenvalue weighted by Gasteiger charge is 2.13. The molecule has 4 heteroatoms. The first-order valence-corrected chi connectivity index (χ1v) is 7.31. The van der Waals surface area contributed by atoms with E-state index in [1.165, 1.54) is 4.88 Å². The van der Waals surface area contributed by atoms with E-state index < -0.39 is 0 Å². The fraction of sp³-hybridized carbons (Fsp3) is 0.231. The normalized spacial score (nSPS) is 12.7. The van der Waals surface area contributed by atoms with Crippen molar-refractivity contribution in [2.75, 3.05) is 0 Å². The molecule has 0 aliphatic rings. The third-order valence-corrected chi connectivity index (χ3v) is 4.83. The van der Waals surface area contributed by atoms with Gasteiger partial charge in [0.2, 0.25) is 0 Å². The average molecular weight is 331 g/mol. The third kappa shape index (κ3) is 3.10. The Bertz CT molecular complexity index is 524. The zero-order valence-electron chi connectivity index (χ0n) is 9.41. The second kappa shape index (κ2) is 5.53. The molecule has 2 rings (SSSR count). The highest BCUT2D eigenvalue weighted by molar-refractivity contribution is 9.11. The first-order valence-electron chi connectivity index (χ1n) is 5.32. The molecule has 1 nitrogen and oxygen atoms in total. The molecule has 90 valence electrons. The van der Waals surface area contributed by atoms with E-state index in [4.69, 9.17) is 17.3 Å². The predicted molar refractivity (Wildman–Crippen MR) is 78.8 cm³/mol. The van der Waals surface area contributed by atoms with E-state index >= 15 is 0 Å². The molecule has 1 heterocycles. The van der Waals surface area contributed by atoms with Gasteiger partial charge < -0.3 is 5.73 Å². The summed E-state index contributed by atoms with van der Waals surface area (Å²) in [5.74, 6) is 0. The van der Waals surface area contributed by atoms with Crippen molar-refractivity contribution in [1.29, 1.82) is 0 Å².